The number of carbonyl (C=O) groups excluding carboxylic acids is 1. The first-order valence-electron chi connectivity index (χ1n) is 14.9. The molecule has 4 aliphatic carbocycles. The number of hydrogen-bond donors (Lipinski definition) is 8. The monoisotopic (exact) mass is 584 g/mol. The second-order valence-corrected chi connectivity index (χ2v) is 13.8. The van der Waals surface area contributed by atoms with Crippen molar-refractivity contribution in [2.45, 2.75) is 119 Å². The summed E-state index contributed by atoms with van der Waals surface area (Å²) in [5.41, 5.74) is -4.46. The molecule has 12 nitrogen and oxygen atoms in total. The van der Waals surface area contributed by atoms with E-state index < -0.39 is 95.5 Å². The lowest BCUT2D eigenvalue weighted by atomic mass is 9.40. The Hall–Kier alpha value is -1.19. The number of aliphatic hydroxyl groups excluding tert-OH is 6. The summed E-state index contributed by atoms with van der Waals surface area (Å²) in [6.07, 6.45) is -6.68. The van der Waals surface area contributed by atoms with Gasteiger partial charge in [-0.3, -0.25) is 0 Å². The van der Waals surface area contributed by atoms with Crippen LogP contribution in [0.3, 0.4) is 0 Å². The average molecular weight is 585 g/mol. The van der Waals surface area contributed by atoms with Crippen LogP contribution in [-0.2, 0) is 19.0 Å². The van der Waals surface area contributed by atoms with Crippen LogP contribution in [0.5, 0.6) is 0 Å². The van der Waals surface area contributed by atoms with E-state index in [2.05, 4.69) is 0 Å². The standard InChI is InChI=1S/C29H44O12/c1-13-22(34)23(35)24(36)25(40-13)41-15-8-19(32)28(12-30)21-17(3-5-27(28,37)9-15)29(38)6-4-16(14-7-20(33)39-11-14)26(29,2)10-18(21)31/h7,13,15-19,21-25,30-32,34-38H,3-6,8-12H2,1-2H3/t13?,15-,16+,17+,18?,19+,21?,22+,23?,24?,25+,26+,27-,28+,29-/m0/s1. The van der Waals surface area contributed by atoms with Crippen molar-refractivity contribution in [1.82, 2.24) is 0 Å². The fraction of sp³-hybridized carbons (Fsp3) is 0.897. The number of fused-ring (bicyclic) bond motifs is 5. The smallest absolute Gasteiger partial charge is 0.331 e. The van der Waals surface area contributed by atoms with Gasteiger partial charge in [-0.1, -0.05) is 6.92 Å². The summed E-state index contributed by atoms with van der Waals surface area (Å²) in [5, 5.41) is 89.6. The zero-order valence-electron chi connectivity index (χ0n) is 23.5. The van der Waals surface area contributed by atoms with Crippen molar-refractivity contribution in [3.8, 4) is 0 Å². The minimum absolute atomic E-state index is 0.0369. The van der Waals surface area contributed by atoms with Crippen LogP contribution in [0.2, 0.25) is 0 Å². The molecule has 232 valence electrons. The number of carbonyl (C=O) groups is 1. The van der Waals surface area contributed by atoms with Crippen molar-refractivity contribution in [2.75, 3.05) is 13.2 Å². The maximum atomic E-state index is 12.4. The topological polar surface area (TPSA) is 207 Å². The SMILES string of the molecule is CC1O[C@H](O[C@H]2C[C@@H](O)[C@]3(CO)C4C(O)C[C@]5(C)[C@@H](C6=CC(=O)OC6)CC[C@]5(O)[C@@H]4CC[C@]3(O)C2)C(O)C(O)[C@@H]1O. The lowest BCUT2D eigenvalue weighted by molar-refractivity contribution is -0.342. The fourth-order valence-electron chi connectivity index (χ4n) is 10.1. The molecule has 12 heteroatoms. The summed E-state index contributed by atoms with van der Waals surface area (Å²) in [7, 11) is 0. The van der Waals surface area contributed by atoms with Gasteiger partial charge in [0, 0.05) is 30.3 Å². The van der Waals surface area contributed by atoms with Gasteiger partial charge in [0.2, 0.25) is 0 Å². The summed E-state index contributed by atoms with van der Waals surface area (Å²) in [4.78, 5) is 11.8. The molecular weight excluding hydrogens is 540 g/mol. The first-order chi connectivity index (χ1) is 19.2. The first-order valence-corrected chi connectivity index (χ1v) is 14.9. The minimum atomic E-state index is -1.67. The molecule has 0 radical (unpaired) electrons. The van der Waals surface area contributed by atoms with Crippen molar-refractivity contribution in [1.29, 1.82) is 0 Å². The zero-order chi connectivity index (χ0) is 29.7. The molecule has 2 aliphatic heterocycles. The first kappa shape index (κ1) is 29.9. The van der Waals surface area contributed by atoms with E-state index in [1.54, 1.807) is 0 Å². The third-order valence-corrected chi connectivity index (χ3v) is 12.2. The molecular formula is C29H44O12. The van der Waals surface area contributed by atoms with E-state index in [1.807, 2.05) is 6.92 Å². The van der Waals surface area contributed by atoms with Gasteiger partial charge in [0.15, 0.2) is 6.29 Å². The Morgan fingerprint density at radius 3 is 2.41 bits per heavy atom. The van der Waals surface area contributed by atoms with Gasteiger partial charge in [-0.15, -0.1) is 0 Å². The normalized spacial score (nSPS) is 56.9. The third kappa shape index (κ3) is 3.99. The Labute approximate surface area is 238 Å². The summed E-state index contributed by atoms with van der Waals surface area (Å²) in [5.74, 6) is -1.93. The molecule has 6 rings (SSSR count). The molecule has 0 spiro atoms. The van der Waals surface area contributed by atoms with E-state index in [-0.39, 0.29) is 38.2 Å². The number of esters is 1. The van der Waals surface area contributed by atoms with Gasteiger partial charge in [0.25, 0.3) is 0 Å². The van der Waals surface area contributed by atoms with E-state index in [9.17, 15) is 45.6 Å². The minimum Gasteiger partial charge on any atom is -0.458 e. The summed E-state index contributed by atoms with van der Waals surface area (Å²) >= 11 is 0. The van der Waals surface area contributed by atoms with Crippen LogP contribution in [0.15, 0.2) is 11.6 Å². The molecule has 15 atom stereocenters. The number of cyclic esters (lactones) is 1. The molecule has 0 aromatic heterocycles. The molecule has 4 saturated carbocycles. The van der Waals surface area contributed by atoms with Crippen LogP contribution in [0.1, 0.15) is 58.8 Å². The van der Waals surface area contributed by atoms with Crippen LogP contribution in [0.25, 0.3) is 0 Å². The van der Waals surface area contributed by atoms with Gasteiger partial charge in [-0.25, -0.2) is 4.79 Å². The van der Waals surface area contributed by atoms with Crippen LogP contribution in [0, 0.1) is 28.6 Å². The van der Waals surface area contributed by atoms with Crippen LogP contribution < -0.4 is 0 Å². The van der Waals surface area contributed by atoms with Crippen LogP contribution in [0.4, 0.5) is 0 Å². The number of rotatable bonds is 4. The molecule has 5 unspecified atom stereocenters. The number of hydrogen-bond acceptors (Lipinski definition) is 12. The second-order valence-electron chi connectivity index (χ2n) is 13.8. The predicted octanol–water partition coefficient (Wildman–Crippen LogP) is -1.51. The van der Waals surface area contributed by atoms with Gasteiger partial charge in [0.05, 0.1) is 47.6 Å². The zero-order valence-corrected chi connectivity index (χ0v) is 23.5. The van der Waals surface area contributed by atoms with Crippen molar-refractivity contribution < 1.29 is 59.9 Å². The molecule has 8 N–H and O–H groups in total. The highest BCUT2D eigenvalue weighted by Gasteiger charge is 2.75. The maximum Gasteiger partial charge on any atom is 0.331 e. The Balaban J connectivity index is 1.28. The molecule has 0 aromatic rings. The van der Waals surface area contributed by atoms with Gasteiger partial charge >= 0.3 is 5.97 Å². The van der Waals surface area contributed by atoms with Crippen molar-refractivity contribution in [2.24, 2.45) is 28.6 Å². The lowest BCUT2D eigenvalue weighted by Crippen LogP contribution is -2.76. The molecule has 5 fully saturated rings. The van der Waals surface area contributed by atoms with E-state index in [4.69, 9.17) is 14.2 Å². The Bertz CT molecular complexity index is 1080. The Morgan fingerprint density at radius 1 is 1.02 bits per heavy atom. The quantitative estimate of drug-likeness (QED) is 0.140. The summed E-state index contributed by atoms with van der Waals surface area (Å²) in [6, 6.07) is 0. The third-order valence-electron chi connectivity index (χ3n) is 12.2. The largest absolute Gasteiger partial charge is 0.458 e. The van der Waals surface area contributed by atoms with Crippen molar-refractivity contribution >= 4 is 5.97 Å². The summed E-state index contributed by atoms with van der Waals surface area (Å²) < 4.78 is 16.7. The molecule has 0 aromatic carbocycles. The maximum absolute atomic E-state index is 12.4. The highest BCUT2D eigenvalue weighted by Crippen LogP contribution is 2.70. The van der Waals surface area contributed by atoms with Crippen LogP contribution in [-0.4, -0.2) is 120 Å². The van der Waals surface area contributed by atoms with Crippen LogP contribution >= 0.6 is 0 Å². The molecule has 0 bridgehead atoms. The molecule has 2 heterocycles. The highest BCUT2D eigenvalue weighted by molar-refractivity contribution is 5.85. The molecule has 0 amide bonds. The Kier molecular flexibility index (Phi) is 7.22. The van der Waals surface area contributed by atoms with Gasteiger partial charge in [0.1, 0.15) is 24.9 Å². The van der Waals surface area contributed by atoms with Gasteiger partial charge in [-0.05, 0) is 56.4 Å². The molecule has 41 heavy (non-hydrogen) atoms. The Morgan fingerprint density at radius 2 is 1.76 bits per heavy atom. The van der Waals surface area contributed by atoms with Gasteiger partial charge < -0.3 is 55.1 Å². The van der Waals surface area contributed by atoms with Crippen molar-refractivity contribution in [3.63, 3.8) is 0 Å². The van der Waals surface area contributed by atoms with E-state index >= 15 is 0 Å². The summed E-state index contributed by atoms with van der Waals surface area (Å²) in [6.45, 7) is 3.00. The van der Waals surface area contributed by atoms with E-state index in [0.29, 0.717) is 19.3 Å². The second kappa shape index (κ2) is 9.91. The van der Waals surface area contributed by atoms with Gasteiger partial charge in [-0.2, -0.15) is 0 Å². The number of ether oxygens (including phenoxy) is 3. The van der Waals surface area contributed by atoms with E-state index in [1.165, 1.54) is 13.0 Å². The average Bonchev–Trinajstić information content (AvgIpc) is 3.45. The highest BCUT2D eigenvalue weighted by atomic mass is 16.7. The molecule has 1 saturated heterocycles. The number of aliphatic hydroxyl groups is 8. The fourth-order valence-corrected chi connectivity index (χ4v) is 10.1. The van der Waals surface area contributed by atoms with Crippen molar-refractivity contribution in [3.05, 3.63) is 11.6 Å². The molecule has 6 aliphatic rings. The lowest BCUT2D eigenvalue weighted by Gasteiger charge is -2.68. The predicted molar refractivity (Wildman–Crippen MR) is 139 cm³/mol. The van der Waals surface area contributed by atoms with E-state index in [0.717, 1.165) is 5.57 Å².